The number of hydrazone groups is 1. The summed E-state index contributed by atoms with van der Waals surface area (Å²) in [6.45, 7) is 4.07. The number of rotatable bonds is 7. The van der Waals surface area contributed by atoms with Crippen LogP contribution in [0.5, 0.6) is 11.5 Å². The van der Waals surface area contributed by atoms with E-state index >= 15 is 0 Å². The second-order valence-electron chi connectivity index (χ2n) is 7.51. The van der Waals surface area contributed by atoms with Crippen LogP contribution < -0.4 is 20.2 Å². The molecule has 0 heterocycles. The molecular formula is C25H22Cl3N3O4. The van der Waals surface area contributed by atoms with Crippen molar-refractivity contribution in [3.05, 3.63) is 85.9 Å². The molecule has 10 heteroatoms. The van der Waals surface area contributed by atoms with Crippen molar-refractivity contribution in [1.82, 2.24) is 5.43 Å². The van der Waals surface area contributed by atoms with Gasteiger partial charge in [-0.2, -0.15) is 5.10 Å². The molecule has 182 valence electrons. The molecule has 0 atom stereocenters. The Morgan fingerprint density at radius 2 is 1.66 bits per heavy atom. The van der Waals surface area contributed by atoms with Crippen LogP contribution in [0, 0.1) is 13.8 Å². The van der Waals surface area contributed by atoms with Crippen LogP contribution in [0.4, 0.5) is 5.69 Å². The molecule has 0 saturated heterocycles. The van der Waals surface area contributed by atoms with Gasteiger partial charge in [0.25, 0.3) is 0 Å². The predicted octanol–water partition coefficient (Wildman–Crippen LogP) is 5.94. The summed E-state index contributed by atoms with van der Waals surface area (Å²) in [4.78, 5) is 24.1. The third kappa shape index (κ3) is 7.11. The van der Waals surface area contributed by atoms with Crippen molar-refractivity contribution in [2.24, 2.45) is 5.10 Å². The van der Waals surface area contributed by atoms with Crippen LogP contribution in [-0.4, -0.2) is 25.1 Å². The number of ether oxygens (including phenoxy) is 2. The smallest absolute Gasteiger partial charge is 0.329 e. The molecule has 3 rings (SSSR count). The van der Waals surface area contributed by atoms with Crippen molar-refractivity contribution in [3.63, 3.8) is 0 Å². The molecule has 0 saturated carbocycles. The normalized spacial score (nSPS) is 10.8. The Morgan fingerprint density at radius 1 is 0.943 bits per heavy atom. The van der Waals surface area contributed by atoms with Crippen molar-refractivity contribution in [2.75, 3.05) is 12.4 Å². The van der Waals surface area contributed by atoms with Crippen molar-refractivity contribution in [1.29, 1.82) is 0 Å². The minimum absolute atomic E-state index is 0.240. The van der Waals surface area contributed by atoms with Gasteiger partial charge >= 0.3 is 11.8 Å². The zero-order chi connectivity index (χ0) is 25.5. The van der Waals surface area contributed by atoms with E-state index in [-0.39, 0.29) is 11.6 Å². The van der Waals surface area contributed by atoms with E-state index in [4.69, 9.17) is 44.3 Å². The van der Waals surface area contributed by atoms with Gasteiger partial charge < -0.3 is 14.8 Å². The standard InChI is InChI=1S/C25H22Cl3N3O4/c1-14-8-19(9-15(2)23(14)28)35-13-17-10-16(4-7-22(17)34-3)12-29-31-25(33)24(32)30-18-5-6-20(26)21(27)11-18/h4-12H,13H2,1-3H3,(H,30,32)(H,31,33)/b29-12+. The lowest BCUT2D eigenvalue weighted by Gasteiger charge is -2.13. The van der Waals surface area contributed by atoms with Gasteiger partial charge in [0.1, 0.15) is 18.1 Å². The van der Waals surface area contributed by atoms with Gasteiger partial charge in [-0.1, -0.05) is 34.8 Å². The summed E-state index contributed by atoms with van der Waals surface area (Å²) in [5, 5.41) is 7.57. The molecule has 0 bridgehead atoms. The Balaban J connectivity index is 1.63. The number of aryl methyl sites for hydroxylation is 2. The number of nitrogens with zero attached hydrogens (tertiary/aromatic N) is 1. The molecule has 0 aliphatic rings. The highest BCUT2D eigenvalue weighted by Gasteiger charge is 2.14. The molecule has 3 aromatic carbocycles. The van der Waals surface area contributed by atoms with Crippen LogP contribution in [0.25, 0.3) is 0 Å². The summed E-state index contributed by atoms with van der Waals surface area (Å²) in [6.07, 6.45) is 1.41. The Hall–Kier alpha value is -3.26. The number of hydrogen-bond acceptors (Lipinski definition) is 5. The fourth-order valence-electron chi connectivity index (χ4n) is 3.12. The van der Waals surface area contributed by atoms with Gasteiger partial charge in [-0.25, -0.2) is 5.43 Å². The summed E-state index contributed by atoms with van der Waals surface area (Å²) < 4.78 is 11.3. The van der Waals surface area contributed by atoms with E-state index in [9.17, 15) is 9.59 Å². The first-order chi connectivity index (χ1) is 16.7. The second kappa shape index (κ2) is 11.9. The largest absolute Gasteiger partial charge is 0.496 e. The van der Waals surface area contributed by atoms with E-state index < -0.39 is 11.8 Å². The molecule has 0 radical (unpaired) electrons. The molecule has 0 aliphatic carbocycles. The maximum Gasteiger partial charge on any atom is 0.329 e. The first-order valence-electron chi connectivity index (χ1n) is 10.3. The Kier molecular flexibility index (Phi) is 8.98. The van der Waals surface area contributed by atoms with Gasteiger partial charge in [0, 0.05) is 16.3 Å². The van der Waals surface area contributed by atoms with Crippen LogP contribution in [-0.2, 0) is 16.2 Å². The van der Waals surface area contributed by atoms with Crippen LogP contribution in [0.15, 0.2) is 53.6 Å². The van der Waals surface area contributed by atoms with Gasteiger partial charge in [-0.05, 0) is 79.1 Å². The number of benzene rings is 3. The third-order valence-electron chi connectivity index (χ3n) is 4.87. The molecule has 0 aliphatic heterocycles. The lowest BCUT2D eigenvalue weighted by molar-refractivity contribution is -0.136. The first kappa shape index (κ1) is 26.3. The van der Waals surface area contributed by atoms with Crippen LogP contribution in [0.1, 0.15) is 22.3 Å². The second-order valence-corrected chi connectivity index (χ2v) is 8.71. The van der Waals surface area contributed by atoms with Crippen LogP contribution in [0.2, 0.25) is 15.1 Å². The lowest BCUT2D eigenvalue weighted by Crippen LogP contribution is -2.32. The Morgan fingerprint density at radius 3 is 2.31 bits per heavy atom. The fourth-order valence-corrected chi connectivity index (χ4v) is 3.53. The predicted molar refractivity (Wildman–Crippen MR) is 139 cm³/mol. The molecule has 0 spiro atoms. The average molecular weight is 535 g/mol. The molecular weight excluding hydrogens is 513 g/mol. The summed E-state index contributed by atoms with van der Waals surface area (Å²) in [7, 11) is 1.57. The first-order valence-corrected chi connectivity index (χ1v) is 11.5. The number of carbonyl (C=O) groups excluding carboxylic acids is 2. The lowest BCUT2D eigenvalue weighted by atomic mass is 10.1. The minimum Gasteiger partial charge on any atom is -0.496 e. The van der Waals surface area contributed by atoms with E-state index in [1.807, 2.05) is 26.0 Å². The third-order valence-corrected chi connectivity index (χ3v) is 6.21. The van der Waals surface area contributed by atoms with Gasteiger partial charge in [-0.3, -0.25) is 9.59 Å². The molecule has 0 fully saturated rings. The molecule has 0 aromatic heterocycles. The zero-order valence-electron chi connectivity index (χ0n) is 19.1. The maximum atomic E-state index is 12.1. The van der Waals surface area contributed by atoms with E-state index in [1.54, 1.807) is 25.3 Å². The van der Waals surface area contributed by atoms with Gasteiger partial charge in [0.15, 0.2) is 0 Å². The molecule has 2 amide bonds. The van der Waals surface area contributed by atoms with Gasteiger partial charge in [0.05, 0.1) is 23.4 Å². The highest BCUT2D eigenvalue weighted by Crippen LogP contribution is 2.28. The van der Waals surface area contributed by atoms with Crippen LogP contribution in [0.3, 0.4) is 0 Å². The van der Waals surface area contributed by atoms with E-state index in [0.29, 0.717) is 32.8 Å². The summed E-state index contributed by atoms with van der Waals surface area (Å²) in [5.74, 6) is -0.531. The maximum absolute atomic E-state index is 12.1. The average Bonchev–Trinajstić information content (AvgIpc) is 2.83. The SMILES string of the molecule is COc1ccc(/C=N/NC(=O)C(=O)Nc2ccc(Cl)c(Cl)c2)cc1COc1cc(C)c(Cl)c(C)c1. The number of anilines is 1. The van der Waals surface area contributed by atoms with E-state index in [1.165, 1.54) is 24.4 Å². The quantitative estimate of drug-likeness (QED) is 0.223. The molecule has 7 nitrogen and oxygen atoms in total. The number of carbonyl (C=O) groups is 2. The molecule has 35 heavy (non-hydrogen) atoms. The monoisotopic (exact) mass is 533 g/mol. The van der Waals surface area contributed by atoms with Crippen LogP contribution >= 0.6 is 34.8 Å². The number of amides is 2. The number of halogens is 3. The number of methoxy groups -OCH3 is 1. The van der Waals surface area contributed by atoms with Crippen molar-refractivity contribution >= 4 is 58.5 Å². The molecule has 3 aromatic rings. The molecule has 0 unspecified atom stereocenters. The number of hydrogen-bond donors (Lipinski definition) is 2. The van der Waals surface area contributed by atoms with Crippen molar-refractivity contribution in [2.45, 2.75) is 20.5 Å². The van der Waals surface area contributed by atoms with E-state index in [2.05, 4.69) is 15.8 Å². The van der Waals surface area contributed by atoms with Crippen molar-refractivity contribution < 1.29 is 19.1 Å². The highest BCUT2D eigenvalue weighted by atomic mass is 35.5. The number of nitrogens with one attached hydrogen (secondary N) is 2. The molecule has 2 N–H and O–H groups in total. The summed E-state index contributed by atoms with van der Waals surface area (Å²) in [6, 6.07) is 13.5. The minimum atomic E-state index is -0.946. The fraction of sp³-hybridized carbons (Fsp3) is 0.160. The topological polar surface area (TPSA) is 89.0 Å². The van der Waals surface area contributed by atoms with E-state index in [0.717, 1.165) is 16.7 Å². The summed E-state index contributed by atoms with van der Waals surface area (Å²) >= 11 is 18.0. The van der Waals surface area contributed by atoms with Gasteiger partial charge in [-0.15, -0.1) is 0 Å². The Labute approximate surface area is 218 Å². The van der Waals surface area contributed by atoms with Crippen molar-refractivity contribution in [3.8, 4) is 11.5 Å². The summed E-state index contributed by atoms with van der Waals surface area (Å²) in [5.41, 5.74) is 5.80. The highest BCUT2D eigenvalue weighted by molar-refractivity contribution is 6.43. The van der Waals surface area contributed by atoms with Gasteiger partial charge in [0.2, 0.25) is 0 Å². The Bertz CT molecular complexity index is 1270. The zero-order valence-corrected chi connectivity index (χ0v) is 21.4.